The van der Waals surface area contributed by atoms with Crippen LogP contribution in [0.3, 0.4) is 0 Å². The molecule has 1 aromatic carbocycles. The quantitative estimate of drug-likeness (QED) is 0.714. The first-order chi connectivity index (χ1) is 9.74. The molecule has 0 spiro atoms. The normalized spacial score (nSPS) is 28.4. The highest BCUT2D eigenvalue weighted by Crippen LogP contribution is 2.40. The molecule has 0 aromatic heterocycles. The summed E-state index contributed by atoms with van der Waals surface area (Å²) in [5.74, 6) is 0.0592. The second-order valence-corrected chi connectivity index (χ2v) is 5.91. The minimum atomic E-state index is -0.188. The van der Waals surface area contributed by atoms with Crippen molar-refractivity contribution in [2.24, 2.45) is 10.9 Å². The third-order valence-electron chi connectivity index (χ3n) is 4.81. The number of aliphatic imine (C=N–C) groups is 1. The number of hydrogen-bond donors (Lipinski definition) is 0. The molecule has 0 aliphatic carbocycles. The Labute approximate surface area is 117 Å². The summed E-state index contributed by atoms with van der Waals surface area (Å²) in [5.41, 5.74) is 3.23. The van der Waals surface area contributed by atoms with Crippen LogP contribution >= 0.6 is 0 Å². The molecular formula is C16H17FN2O. The van der Waals surface area contributed by atoms with Crippen molar-refractivity contribution in [1.29, 1.82) is 0 Å². The summed E-state index contributed by atoms with van der Waals surface area (Å²) in [5, 5.41) is 0. The van der Waals surface area contributed by atoms with Crippen molar-refractivity contribution >= 4 is 11.6 Å². The standard InChI is InChI=1S/C16H17FN2O/c17-11-3-4-12-10(8-11)5-7-19-15(12)9-14-13(16(19)20)2-1-6-18-14/h3-4,8,13,15H,1-2,5-7,9H2. The number of amides is 1. The van der Waals surface area contributed by atoms with E-state index in [1.165, 1.54) is 6.07 Å². The maximum atomic E-state index is 13.4. The average molecular weight is 272 g/mol. The van der Waals surface area contributed by atoms with Gasteiger partial charge in [-0.25, -0.2) is 4.39 Å². The number of carbonyl (C=O) groups excluding carboxylic acids is 1. The molecule has 104 valence electrons. The van der Waals surface area contributed by atoms with E-state index in [1.807, 2.05) is 11.0 Å². The lowest BCUT2D eigenvalue weighted by Gasteiger charge is -2.44. The summed E-state index contributed by atoms with van der Waals surface area (Å²) in [6.07, 6.45) is 3.54. The molecule has 1 amide bonds. The second-order valence-electron chi connectivity index (χ2n) is 5.91. The molecule has 0 bridgehead atoms. The summed E-state index contributed by atoms with van der Waals surface area (Å²) in [6.45, 7) is 1.56. The molecule has 3 heterocycles. The fourth-order valence-electron chi connectivity index (χ4n) is 3.83. The number of hydrogen-bond acceptors (Lipinski definition) is 2. The summed E-state index contributed by atoms with van der Waals surface area (Å²) >= 11 is 0. The second kappa shape index (κ2) is 4.40. The Bertz CT molecular complexity index is 610. The van der Waals surface area contributed by atoms with Gasteiger partial charge in [0.1, 0.15) is 5.82 Å². The zero-order valence-corrected chi connectivity index (χ0v) is 11.3. The molecule has 3 aliphatic heterocycles. The van der Waals surface area contributed by atoms with Gasteiger partial charge in [0, 0.05) is 25.2 Å². The van der Waals surface area contributed by atoms with Crippen molar-refractivity contribution in [2.45, 2.75) is 31.7 Å². The molecule has 4 rings (SSSR count). The van der Waals surface area contributed by atoms with E-state index in [0.717, 1.165) is 49.1 Å². The van der Waals surface area contributed by atoms with Crippen LogP contribution in [0.1, 0.15) is 36.4 Å². The summed E-state index contributed by atoms with van der Waals surface area (Å²) in [4.78, 5) is 19.2. The van der Waals surface area contributed by atoms with Crippen LogP contribution in [0.5, 0.6) is 0 Å². The van der Waals surface area contributed by atoms with Crippen LogP contribution in [0, 0.1) is 11.7 Å². The van der Waals surface area contributed by atoms with Gasteiger partial charge in [-0.1, -0.05) is 6.07 Å². The lowest BCUT2D eigenvalue weighted by molar-refractivity contribution is -0.138. The SMILES string of the molecule is O=C1C2CCCN=C2CC2c3ccc(F)cc3CCN12. The van der Waals surface area contributed by atoms with Crippen molar-refractivity contribution in [3.05, 3.63) is 35.1 Å². The number of piperidine rings is 1. The molecule has 1 aromatic rings. The summed E-state index contributed by atoms with van der Waals surface area (Å²) < 4.78 is 13.4. The van der Waals surface area contributed by atoms with E-state index in [9.17, 15) is 9.18 Å². The van der Waals surface area contributed by atoms with Gasteiger partial charge < -0.3 is 4.90 Å². The van der Waals surface area contributed by atoms with Crippen molar-refractivity contribution < 1.29 is 9.18 Å². The first kappa shape index (κ1) is 12.1. The van der Waals surface area contributed by atoms with E-state index in [2.05, 4.69) is 4.99 Å². The molecule has 4 heteroatoms. The number of carbonyl (C=O) groups is 1. The largest absolute Gasteiger partial charge is 0.334 e. The highest BCUT2D eigenvalue weighted by Gasteiger charge is 2.42. The maximum Gasteiger partial charge on any atom is 0.231 e. The average Bonchev–Trinajstić information content (AvgIpc) is 2.47. The molecule has 1 saturated heterocycles. The van der Waals surface area contributed by atoms with E-state index in [0.29, 0.717) is 6.54 Å². The fourth-order valence-corrected chi connectivity index (χ4v) is 3.83. The van der Waals surface area contributed by atoms with Crippen molar-refractivity contribution in [2.75, 3.05) is 13.1 Å². The Hall–Kier alpha value is -1.71. The van der Waals surface area contributed by atoms with Crippen molar-refractivity contribution in [1.82, 2.24) is 4.90 Å². The van der Waals surface area contributed by atoms with Crippen LogP contribution in [0.4, 0.5) is 4.39 Å². The van der Waals surface area contributed by atoms with Gasteiger partial charge in [-0.15, -0.1) is 0 Å². The van der Waals surface area contributed by atoms with Gasteiger partial charge >= 0.3 is 0 Å². The van der Waals surface area contributed by atoms with Crippen LogP contribution in [0.25, 0.3) is 0 Å². The highest BCUT2D eigenvalue weighted by molar-refractivity contribution is 6.07. The fraction of sp³-hybridized carbons (Fsp3) is 0.500. The predicted molar refractivity (Wildman–Crippen MR) is 74.2 cm³/mol. The zero-order valence-electron chi connectivity index (χ0n) is 11.3. The number of rotatable bonds is 0. The van der Waals surface area contributed by atoms with Crippen molar-refractivity contribution in [3.63, 3.8) is 0 Å². The summed E-state index contributed by atoms with van der Waals surface area (Å²) in [7, 11) is 0. The summed E-state index contributed by atoms with van der Waals surface area (Å²) in [6, 6.07) is 5.03. The Morgan fingerprint density at radius 3 is 3.15 bits per heavy atom. The maximum absolute atomic E-state index is 13.4. The molecule has 20 heavy (non-hydrogen) atoms. The van der Waals surface area contributed by atoms with Gasteiger partial charge in [0.25, 0.3) is 0 Å². The number of fused-ring (bicyclic) bond motifs is 4. The molecule has 0 N–H and O–H groups in total. The Morgan fingerprint density at radius 2 is 2.25 bits per heavy atom. The zero-order chi connectivity index (χ0) is 13.7. The Morgan fingerprint density at radius 1 is 1.35 bits per heavy atom. The minimum Gasteiger partial charge on any atom is -0.334 e. The molecule has 0 saturated carbocycles. The minimum absolute atomic E-state index is 0.0157. The van der Waals surface area contributed by atoms with E-state index in [-0.39, 0.29) is 23.7 Å². The van der Waals surface area contributed by atoms with Crippen LogP contribution in [0.2, 0.25) is 0 Å². The molecular weight excluding hydrogens is 255 g/mol. The van der Waals surface area contributed by atoms with E-state index >= 15 is 0 Å². The molecule has 1 fully saturated rings. The highest BCUT2D eigenvalue weighted by atomic mass is 19.1. The third kappa shape index (κ3) is 1.70. The Balaban J connectivity index is 1.76. The van der Waals surface area contributed by atoms with Crippen LogP contribution in [-0.2, 0) is 11.2 Å². The molecule has 2 atom stereocenters. The molecule has 3 nitrogen and oxygen atoms in total. The van der Waals surface area contributed by atoms with Gasteiger partial charge in [0.15, 0.2) is 0 Å². The molecule has 0 radical (unpaired) electrons. The smallest absolute Gasteiger partial charge is 0.231 e. The van der Waals surface area contributed by atoms with Crippen LogP contribution in [-0.4, -0.2) is 29.6 Å². The molecule has 2 unspecified atom stereocenters. The van der Waals surface area contributed by atoms with Gasteiger partial charge in [-0.3, -0.25) is 9.79 Å². The van der Waals surface area contributed by atoms with Crippen molar-refractivity contribution in [3.8, 4) is 0 Å². The van der Waals surface area contributed by atoms with Gasteiger partial charge in [0.05, 0.1) is 12.0 Å². The topological polar surface area (TPSA) is 32.7 Å². The lowest BCUT2D eigenvalue weighted by Crippen LogP contribution is -2.51. The lowest BCUT2D eigenvalue weighted by atomic mass is 9.79. The third-order valence-corrected chi connectivity index (χ3v) is 4.81. The van der Waals surface area contributed by atoms with E-state index < -0.39 is 0 Å². The first-order valence-corrected chi connectivity index (χ1v) is 7.36. The number of nitrogens with zero attached hydrogens (tertiary/aromatic N) is 2. The monoisotopic (exact) mass is 272 g/mol. The van der Waals surface area contributed by atoms with E-state index in [1.54, 1.807) is 6.07 Å². The van der Waals surface area contributed by atoms with E-state index in [4.69, 9.17) is 0 Å². The van der Waals surface area contributed by atoms with Gasteiger partial charge in [0.2, 0.25) is 5.91 Å². The first-order valence-electron chi connectivity index (χ1n) is 7.36. The molecule has 3 aliphatic rings. The van der Waals surface area contributed by atoms with Gasteiger partial charge in [-0.05, 0) is 42.5 Å². The Kier molecular flexibility index (Phi) is 2.65. The van der Waals surface area contributed by atoms with Crippen LogP contribution in [0.15, 0.2) is 23.2 Å². The number of halogens is 1. The predicted octanol–water partition coefficient (Wildman–Crippen LogP) is 2.51. The number of benzene rings is 1. The van der Waals surface area contributed by atoms with Crippen LogP contribution < -0.4 is 0 Å². The van der Waals surface area contributed by atoms with Gasteiger partial charge in [-0.2, -0.15) is 0 Å².